The van der Waals surface area contributed by atoms with E-state index in [9.17, 15) is 4.39 Å². The van der Waals surface area contributed by atoms with Crippen LogP contribution >= 0.6 is 0 Å². The summed E-state index contributed by atoms with van der Waals surface area (Å²) in [6, 6.07) is 11.2. The third-order valence-corrected chi connectivity index (χ3v) is 5.01. The summed E-state index contributed by atoms with van der Waals surface area (Å²) < 4.78 is 18.4. The predicted molar refractivity (Wildman–Crippen MR) is 111 cm³/mol. The van der Waals surface area contributed by atoms with Gasteiger partial charge in [0.15, 0.2) is 5.82 Å². The lowest BCUT2D eigenvalue weighted by atomic mass is 10.2. The molecule has 1 aromatic carbocycles. The summed E-state index contributed by atoms with van der Waals surface area (Å²) in [5.74, 6) is 1.68. The van der Waals surface area contributed by atoms with Crippen LogP contribution in [0.4, 0.5) is 21.9 Å². The second-order valence-electron chi connectivity index (χ2n) is 7.44. The fourth-order valence-corrected chi connectivity index (χ4v) is 3.31. The first-order chi connectivity index (χ1) is 14.1. The Morgan fingerprint density at radius 2 is 1.79 bits per heavy atom. The number of hydrogen-bond acceptors (Lipinski definition) is 7. The molecule has 1 N–H and O–H groups in total. The van der Waals surface area contributed by atoms with Crippen LogP contribution < -0.4 is 15.1 Å². The van der Waals surface area contributed by atoms with Gasteiger partial charge in [-0.05, 0) is 42.0 Å². The number of halogens is 1. The highest BCUT2D eigenvalue weighted by Crippen LogP contribution is 2.21. The summed E-state index contributed by atoms with van der Waals surface area (Å²) in [6.45, 7) is 8.11. The molecule has 2 aromatic heterocycles. The fraction of sp³-hybridized carbons (Fsp3) is 0.381. The van der Waals surface area contributed by atoms with Gasteiger partial charge in [0.05, 0.1) is 0 Å². The summed E-state index contributed by atoms with van der Waals surface area (Å²) >= 11 is 0. The molecule has 29 heavy (non-hydrogen) atoms. The Balaban J connectivity index is 1.34. The number of anilines is 3. The molecule has 1 saturated heterocycles. The Morgan fingerprint density at radius 3 is 2.48 bits per heavy atom. The average molecular weight is 396 g/mol. The van der Waals surface area contributed by atoms with Gasteiger partial charge < -0.3 is 19.6 Å². The van der Waals surface area contributed by atoms with Crippen LogP contribution in [0.15, 0.2) is 47.1 Å². The van der Waals surface area contributed by atoms with Gasteiger partial charge in [0.2, 0.25) is 0 Å². The molecule has 0 aliphatic carbocycles. The SMILES string of the molecule is CC(C)c1noc(NCc2ccnc(N3CCN(c4ccc(F)cc4)CC3)c2)n1. The van der Waals surface area contributed by atoms with Gasteiger partial charge in [0.25, 0.3) is 0 Å². The topological polar surface area (TPSA) is 70.3 Å². The summed E-state index contributed by atoms with van der Waals surface area (Å²) in [7, 11) is 0. The van der Waals surface area contributed by atoms with Crippen LogP contribution in [0.25, 0.3) is 0 Å². The number of pyridine rings is 1. The van der Waals surface area contributed by atoms with Gasteiger partial charge in [-0.2, -0.15) is 4.98 Å². The molecule has 1 aliphatic heterocycles. The van der Waals surface area contributed by atoms with Crippen molar-refractivity contribution < 1.29 is 8.91 Å². The van der Waals surface area contributed by atoms with Crippen molar-refractivity contribution in [3.8, 4) is 0 Å². The van der Waals surface area contributed by atoms with Crippen LogP contribution in [0.3, 0.4) is 0 Å². The van der Waals surface area contributed by atoms with Crippen LogP contribution in [0.2, 0.25) is 0 Å². The zero-order valence-corrected chi connectivity index (χ0v) is 16.7. The normalized spacial score (nSPS) is 14.5. The molecule has 0 radical (unpaired) electrons. The molecule has 0 atom stereocenters. The fourth-order valence-electron chi connectivity index (χ4n) is 3.31. The molecule has 3 aromatic rings. The molecule has 8 heteroatoms. The highest BCUT2D eigenvalue weighted by Gasteiger charge is 2.18. The third-order valence-electron chi connectivity index (χ3n) is 5.01. The van der Waals surface area contributed by atoms with Crippen molar-refractivity contribution >= 4 is 17.5 Å². The summed E-state index contributed by atoms with van der Waals surface area (Å²) in [6.07, 6.45) is 1.83. The van der Waals surface area contributed by atoms with E-state index in [0.717, 1.165) is 43.2 Å². The largest absolute Gasteiger partial charge is 0.368 e. The molecule has 1 fully saturated rings. The average Bonchev–Trinajstić information content (AvgIpc) is 3.23. The molecule has 0 unspecified atom stereocenters. The van der Waals surface area contributed by atoms with E-state index in [4.69, 9.17) is 4.52 Å². The molecule has 4 rings (SSSR count). The first kappa shape index (κ1) is 19.2. The molecule has 1 aliphatic rings. The minimum atomic E-state index is -0.206. The first-order valence-electron chi connectivity index (χ1n) is 9.86. The minimum absolute atomic E-state index is 0.206. The van der Waals surface area contributed by atoms with Crippen molar-refractivity contribution in [3.63, 3.8) is 0 Å². The van der Waals surface area contributed by atoms with Crippen molar-refractivity contribution in [2.45, 2.75) is 26.3 Å². The van der Waals surface area contributed by atoms with E-state index in [2.05, 4.69) is 36.3 Å². The van der Waals surface area contributed by atoms with Crippen molar-refractivity contribution in [2.75, 3.05) is 41.3 Å². The second kappa shape index (κ2) is 8.46. The first-order valence-corrected chi connectivity index (χ1v) is 9.86. The van der Waals surface area contributed by atoms with E-state index in [-0.39, 0.29) is 11.7 Å². The van der Waals surface area contributed by atoms with Gasteiger partial charge in [-0.3, -0.25) is 0 Å². The standard InChI is InChI=1S/C21H25FN6O/c1-15(2)20-25-21(29-26-20)24-14-16-7-8-23-19(13-16)28-11-9-27(10-12-28)18-5-3-17(22)4-6-18/h3-8,13,15H,9-12,14H2,1-2H3,(H,24,25,26). The maximum Gasteiger partial charge on any atom is 0.321 e. The van der Waals surface area contributed by atoms with Crippen LogP contribution in [-0.2, 0) is 6.54 Å². The van der Waals surface area contributed by atoms with Crippen molar-refractivity contribution in [3.05, 3.63) is 59.8 Å². The number of aromatic nitrogens is 3. The molecule has 0 spiro atoms. The van der Waals surface area contributed by atoms with E-state index in [0.29, 0.717) is 18.4 Å². The van der Waals surface area contributed by atoms with Gasteiger partial charge in [0, 0.05) is 50.5 Å². The highest BCUT2D eigenvalue weighted by atomic mass is 19.1. The van der Waals surface area contributed by atoms with Gasteiger partial charge >= 0.3 is 6.01 Å². The van der Waals surface area contributed by atoms with E-state index in [1.165, 1.54) is 12.1 Å². The molecule has 0 saturated carbocycles. The number of rotatable bonds is 6. The Bertz CT molecular complexity index is 934. The molecule has 152 valence electrons. The number of nitrogens with zero attached hydrogens (tertiary/aromatic N) is 5. The Hall–Kier alpha value is -3.16. The highest BCUT2D eigenvalue weighted by molar-refractivity contribution is 5.50. The summed E-state index contributed by atoms with van der Waals surface area (Å²) in [4.78, 5) is 13.4. The summed E-state index contributed by atoms with van der Waals surface area (Å²) in [5, 5.41) is 7.14. The minimum Gasteiger partial charge on any atom is -0.368 e. The van der Waals surface area contributed by atoms with E-state index in [1.54, 1.807) is 0 Å². The number of piperazine rings is 1. The summed E-state index contributed by atoms with van der Waals surface area (Å²) in [5.41, 5.74) is 2.15. The van der Waals surface area contributed by atoms with Crippen molar-refractivity contribution in [2.24, 2.45) is 0 Å². The van der Waals surface area contributed by atoms with E-state index >= 15 is 0 Å². The second-order valence-corrected chi connectivity index (χ2v) is 7.44. The van der Waals surface area contributed by atoms with Crippen LogP contribution in [-0.4, -0.2) is 41.3 Å². The lowest BCUT2D eigenvalue weighted by Crippen LogP contribution is -2.46. The zero-order valence-electron chi connectivity index (χ0n) is 16.7. The van der Waals surface area contributed by atoms with Crippen LogP contribution in [0.5, 0.6) is 0 Å². The Kier molecular flexibility index (Phi) is 5.59. The monoisotopic (exact) mass is 396 g/mol. The maximum atomic E-state index is 13.1. The Labute approximate surface area is 169 Å². The predicted octanol–water partition coefficient (Wildman–Crippen LogP) is 3.67. The molecular formula is C21H25FN6O. The molecule has 7 nitrogen and oxygen atoms in total. The zero-order chi connectivity index (χ0) is 20.2. The van der Waals surface area contributed by atoms with Crippen molar-refractivity contribution in [1.82, 2.24) is 15.1 Å². The lowest BCUT2D eigenvalue weighted by Gasteiger charge is -2.36. The number of nitrogens with one attached hydrogen (secondary N) is 1. The van der Waals surface area contributed by atoms with Gasteiger partial charge in [0.1, 0.15) is 11.6 Å². The van der Waals surface area contributed by atoms with Gasteiger partial charge in [-0.15, -0.1) is 0 Å². The lowest BCUT2D eigenvalue weighted by molar-refractivity contribution is 0.419. The van der Waals surface area contributed by atoms with Crippen LogP contribution in [0, 0.1) is 5.82 Å². The van der Waals surface area contributed by atoms with Gasteiger partial charge in [-0.1, -0.05) is 19.0 Å². The van der Waals surface area contributed by atoms with Crippen LogP contribution in [0.1, 0.15) is 31.2 Å². The third kappa shape index (κ3) is 4.64. The number of hydrogen-bond donors (Lipinski definition) is 1. The molecule has 3 heterocycles. The van der Waals surface area contributed by atoms with E-state index in [1.807, 2.05) is 38.2 Å². The smallest absolute Gasteiger partial charge is 0.321 e. The molecule has 0 amide bonds. The molecular weight excluding hydrogens is 371 g/mol. The Morgan fingerprint density at radius 1 is 1.07 bits per heavy atom. The van der Waals surface area contributed by atoms with E-state index < -0.39 is 0 Å². The maximum absolute atomic E-state index is 13.1. The quantitative estimate of drug-likeness (QED) is 0.682. The van der Waals surface area contributed by atoms with Crippen molar-refractivity contribution in [1.29, 1.82) is 0 Å². The number of benzene rings is 1. The molecule has 0 bridgehead atoms. The van der Waals surface area contributed by atoms with Gasteiger partial charge in [-0.25, -0.2) is 9.37 Å².